The summed E-state index contributed by atoms with van der Waals surface area (Å²) in [5.41, 5.74) is 2.93. The Morgan fingerprint density at radius 2 is 2.25 bits per heavy atom. The van der Waals surface area contributed by atoms with E-state index in [4.69, 9.17) is 4.74 Å². The molecule has 1 aromatic rings. The van der Waals surface area contributed by atoms with Gasteiger partial charge < -0.3 is 10.1 Å². The zero-order valence-electron chi connectivity index (χ0n) is 10.0. The van der Waals surface area contributed by atoms with E-state index in [1.165, 1.54) is 24.0 Å². The van der Waals surface area contributed by atoms with Gasteiger partial charge in [0, 0.05) is 20.3 Å². The van der Waals surface area contributed by atoms with Gasteiger partial charge in [-0.2, -0.15) is 0 Å². The van der Waals surface area contributed by atoms with Crippen LogP contribution in [0, 0.1) is 0 Å². The van der Waals surface area contributed by atoms with Gasteiger partial charge in [-0.1, -0.05) is 24.3 Å². The molecule has 1 N–H and O–H groups in total. The second kappa shape index (κ2) is 6.02. The topological polar surface area (TPSA) is 21.3 Å². The first-order valence-corrected chi connectivity index (χ1v) is 6.18. The molecule has 0 spiro atoms. The van der Waals surface area contributed by atoms with Crippen molar-refractivity contribution in [2.24, 2.45) is 0 Å². The Morgan fingerprint density at radius 3 is 3.00 bits per heavy atom. The molecule has 0 unspecified atom stereocenters. The van der Waals surface area contributed by atoms with Gasteiger partial charge >= 0.3 is 0 Å². The Bertz CT molecular complexity index is 320. The molecular weight excluding hydrogens is 198 g/mol. The third-order valence-corrected chi connectivity index (χ3v) is 3.03. The van der Waals surface area contributed by atoms with Crippen molar-refractivity contribution in [2.75, 3.05) is 20.3 Å². The summed E-state index contributed by atoms with van der Waals surface area (Å²) in [6.07, 6.45) is 3.84. The zero-order valence-corrected chi connectivity index (χ0v) is 10.0. The molecule has 2 nitrogen and oxygen atoms in total. The van der Waals surface area contributed by atoms with E-state index in [1.54, 1.807) is 7.11 Å². The van der Waals surface area contributed by atoms with Crippen LogP contribution in [0.15, 0.2) is 24.3 Å². The highest BCUT2D eigenvalue weighted by Gasteiger charge is 2.23. The summed E-state index contributed by atoms with van der Waals surface area (Å²) in [6, 6.07) is 8.99. The largest absolute Gasteiger partial charge is 0.385 e. The summed E-state index contributed by atoms with van der Waals surface area (Å²) in [6.45, 7) is 2.85. The second-order valence-electron chi connectivity index (χ2n) is 4.54. The highest BCUT2D eigenvalue weighted by atomic mass is 16.5. The summed E-state index contributed by atoms with van der Waals surface area (Å²) >= 11 is 0. The van der Waals surface area contributed by atoms with Gasteiger partial charge in [-0.25, -0.2) is 0 Å². The quantitative estimate of drug-likeness (QED) is 0.712. The average Bonchev–Trinajstić information content (AvgIpc) is 3.13. The van der Waals surface area contributed by atoms with Gasteiger partial charge in [-0.15, -0.1) is 0 Å². The van der Waals surface area contributed by atoms with Crippen molar-refractivity contribution < 1.29 is 4.74 Å². The van der Waals surface area contributed by atoms with Crippen molar-refractivity contribution in [3.05, 3.63) is 35.4 Å². The smallest absolute Gasteiger partial charge is 0.0474 e. The number of benzene rings is 1. The fourth-order valence-electron chi connectivity index (χ4n) is 1.95. The maximum atomic E-state index is 5.01. The van der Waals surface area contributed by atoms with Crippen LogP contribution in [0.2, 0.25) is 0 Å². The lowest BCUT2D eigenvalue weighted by Gasteiger charge is -2.06. The molecule has 0 atom stereocenters. The Kier molecular flexibility index (Phi) is 4.37. The van der Waals surface area contributed by atoms with Crippen molar-refractivity contribution >= 4 is 0 Å². The first-order valence-electron chi connectivity index (χ1n) is 6.18. The van der Waals surface area contributed by atoms with Gasteiger partial charge in [-0.05, 0) is 42.9 Å². The zero-order chi connectivity index (χ0) is 11.2. The minimum Gasteiger partial charge on any atom is -0.385 e. The minimum absolute atomic E-state index is 0.842. The molecule has 0 aliphatic heterocycles. The number of rotatable bonds is 7. The number of ether oxygens (including phenoxy) is 1. The van der Waals surface area contributed by atoms with Crippen molar-refractivity contribution in [2.45, 2.75) is 31.7 Å². The molecule has 16 heavy (non-hydrogen) atoms. The molecule has 2 heteroatoms. The highest BCUT2D eigenvalue weighted by molar-refractivity contribution is 5.28. The SMILES string of the molecule is COCCCNCc1cccc(C2CC2)c1. The van der Waals surface area contributed by atoms with Crippen LogP contribution < -0.4 is 5.32 Å². The first kappa shape index (κ1) is 11.6. The Hall–Kier alpha value is -0.860. The van der Waals surface area contributed by atoms with E-state index < -0.39 is 0 Å². The highest BCUT2D eigenvalue weighted by Crippen LogP contribution is 2.40. The van der Waals surface area contributed by atoms with Crippen molar-refractivity contribution in [3.8, 4) is 0 Å². The maximum absolute atomic E-state index is 5.01. The van der Waals surface area contributed by atoms with E-state index in [2.05, 4.69) is 29.6 Å². The Balaban J connectivity index is 1.73. The van der Waals surface area contributed by atoms with Crippen LogP contribution in [-0.4, -0.2) is 20.3 Å². The summed E-state index contributed by atoms with van der Waals surface area (Å²) in [5, 5.41) is 3.44. The van der Waals surface area contributed by atoms with Gasteiger partial charge in [0.1, 0.15) is 0 Å². The van der Waals surface area contributed by atoms with Crippen molar-refractivity contribution in [1.82, 2.24) is 5.32 Å². The minimum atomic E-state index is 0.842. The Labute approximate surface area is 98.0 Å². The molecule has 0 amide bonds. The molecule has 0 radical (unpaired) electrons. The maximum Gasteiger partial charge on any atom is 0.0474 e. The normalized spacial score (nSPS) is 15.3. The first-order chi connectivity index (χ1) is 7.90. The lowest BCUT2D eigenvalue weighted by Crippen LogP contribution is -2.16. The molecule has 1 aliphatic carbocycles. The molecule has 1 saturated carbocycles. The molecule has 0 bridgehead atoms. The predicted octanol–water partition coefficient (Wildman–Crippen LogP) is 2.69. The van der Waals surface area contributed by atoms with Gasteiger partial charge in [-0.3, -0.25) is 0 Å². The van der Waals surface area contributed by atoms with E-state index in [-0.39, 0.29) is 0 Å². The van der Waals surface area contributed by atoms with Crippen LogP contribution in [-0.2, 0) is 11.3 Å². The van der Waals surface area contributed by atoms with Crippen LogP contribution in [0.5, 0.6) is 0 Å². The molecule has 0 aromatic heterocycles. The fraction of sp³-hybridized carbons (Fsp3) is 0.571. The summed E-state index contributed by atoms with van der Waals surface area (Å²) in [5.74, 6) is 0.855. The van der Waals surface area contributed by atoms with Crippen LogP contribution in [0.25, 0.3) is 0 Å². The van der Waals surface area contributed by atoms with Crippen LogP contribution in [0.1, 0.15) is 36.3 Å². The Morgan fingerprint density at radius 1 is 1.38 bits per heavy atom. The summed E-state index contributed by atoms with van der Waals surface area (Å²) in [4.78, 5) is 0. The molecule has 88 valence electrons. The van der Waals surface area contributed by atoms with E-state index in [9.17, 15) is 0 Å². The molecule has 1 aliphatic rings. The fourth-order valence-corrected chi connectivity index (χ4v) is 1.95. The average molecular weight is 219 g/mol. The van der Waals surface area contributed by atoms with E-state index in [0.29, 0.717) is 0 Å². The number of methoxy groups -OCH3 is 1. The molecule has 2 rings (SSSR count). The molecule has 1 aromatic carbocycles. The molecule has 0 heterocycles. The van der Waals surface area contributed by atoms with E-state index >= 15 is 0 Å². The lowest BCUT2D eigenvalue weighted by molar-refractivity contribution is 0.194. The number of hydrogen-bond acceptors (Lipinski definition) is 2. The van der Waals surface area contributed by atoms with Crippen LogP contribution in [0.3, 0.4) is 0 Å². The molecular formula is C14H21NO. The monoisotopic (exact) mass is 219 g/mol. The third-order valence-electron chi connectivity index (χ3n) is 3.03. The molecule has 1 fully saturated rings. The summed E-state index contributed by atoms with van der Waals surface area (Å²) < 4.78 is 5.01. The standard InChI is InChI=1S/C14H21NO/c1-16-9-3-8-15-11-12-4-2-5-14(10-12)13-6-7-13/h2,4-5,10,13,15H,3,6-9,11H2,1H3. The van der Waals surface area contributed by atoms with E-state index in [1.807, 2.05) is 0 Å². The van der Waals surface area contributed by atoms with E-state index in [0.717, 1.165) is 32.0 Å². The number of nitrogens with one attached hydrogen (secondary N) is 1. The summed E-state index contributed by atoms with van der Waals surface area (Å²) in [7, 11) is 1.75. The van der Waals surface area contributed by atoms with Gasteiger partial charge in [0.15, 0.2) is 0 Å². The van der Waals surface area contributed by atoms with Crippen molar-refractivity contribution in [1.29, 1.82) is 0 Å². The lowest BCUT2D eigenvalue weighted by atomic mass is 10.1. The second-order valence-corrected chi connectivity index (χ2v) is 4.54. The van der Waals surface area contributed by atoms with Crippen molar-refractivity contribution in [3.63, 3.8) is 0 Å². The predicted molar refractivity (Wildman–Crippen MR) is 66.6 cm³/mol. The third kappa shape index (κ3) is 3.62. The molecule has 0 saturated heterocycles. The van der Waals surface area contributed by atoms with Gasteiger partial charge in [0.05, 0.1) is 0 Å². The van der Waals surface area contributed by atoms with Crippen LogP contribution in [0.4, 0.5) is 0 Å². The van der Waals surface area contributed by atoms with Gasteiger partial charge in [0.2, 0.25) is 0 Å². The van der Waals surface area contributed by atoms with Gasteiger partial charge in [0.25, 0.3) is 0 Å². The van der Waals surface area contributed by atoms with Crippen LogP contribution >= 0.6 is 0 Å². The number of hydrogen-bond donors (Lipinski definition) is 1.